The first-order valence-corrected chi connectivity index (χ1v) is 17.2. The van der Waals surface area contributed by atoms with Crippen LogP contribution in [-0.4, -0.2) is 70.6 Å². The van der Waals surface area contributed by atoms with Crippen molar-refractivity contribution in [3.8, 4) is 0 Å². The first-order chi connectivity index (χ1) is 21.3. The predicted molar refractivity (Wildman–Crippen MR) is 169 cm³/mol. The van der Waals surface area contributed by atoms with E-state index in [0.29, 0.717) is 12.8 Å². The number of alkyl halides is 2. The molecule has 258 valence electrons. The summed E-state index contributed by atoms with van der Waals surface area (Å²) in [6.07, 6.45) is 10.7. The molecule has 0 radical (unpaired) electrons. The summed E-state index contributed by atoms with van der Waals surface area (Å²) < 4.78 is 27.1. The Morgan fingerprint density at radius 2 is 1.44 bits per heavy atom. The van der Waals surface area contributed by atoms with Gasteiger partial charge in [-0.15, -0.1) is 0 Å². The molecule has 5 amide bonds. The van der Waals surface area contributed by atoms with Crippen LogP contribution in [0.2, 0.25) is 0 Å². The average Bonchev–Trinajstić information content (AvgIpc) is 3.36. The number of carbonyl (C=O) groups excluding carboxylic acids is 5. The smallest absolute Gasteiger partial charge is 0.315 e. The molecule has 4 fully saturated rings. The highest BCUT2D eigenvalue weighted by molar-refractivity contribution is 6.37. The van der Waals surface area contributed by atoms with Gasteiger partial charge in [0.15, 0.2) is 0 Å². The molecule has 12 heteroatoms. The molecule has 10 nitrogen and oxygen atoms in total. The van der Waals surface area contributed by atoms with Crippen LogP contribution in [0.5, 0.6) is 0 Å². The molecule has 4 unspecified atom stereocenters. The number of halogens is 2. The molecule has 1 aliphatic heterocycles. The van der Waals surface area contributed by atoms with Gasteiger partial charge < -0.3 is 26.6 Å². The van der Waals surface area contributed by atoms with Crippen LogP contribution in [0.3, 0.4) is 0 Å². The quantitative estimate of drug-likeness (QED) is 0.248. The zero-order chi connectivity index (χ0) is 33.8. The Balaban J connectivity index is 0.00000133. The van der Waals surface area contributed by atoms with Gasteiger partial charge in [-0.2, -0.15) is 0 Å². The third-order valence-electron chi connectivity index (χ3n) is 9.24. The van der Waals surface area contributed by atoms with Gasteiger partial charge in [-0.1, -0.05) is 72.6 Å². The van der Waals surface area contributed by atoms with E-state index in [-0.39, 0.29) is 23.9 Å². The normalized spacial score (nSPS) is 24.7. The molecule has 0 aromatic carbocycles. The summed E-state index contributed by atoms with van der Waals surface area (Å²) in [6.45, 7) is 10.6. The highest BCUT2D eigenvalue weighted by Crippen LogP contribution is 2.51. The minimum absolute atomic E-state index is 0.0724. The lowest BCUT2D eigenvalue weighted by Gasteiger charge is -2.37. The molecule has 4 rings (SSSR count). The molecule has 1 saturated heterocycles. The monoisotopic (exact) mass is 641 g/mol. The SMILES string of the molecule is CC.CC1(NC(=O)NC(C(=O)N2CCCC2C(=O)NC(CC2CC2(F)F)C(=O)C(N)=O)C2CCCCC2)CCCCC1.CCC. The fourth-order valence-corrected chi connectivity index (χ4v) is 6.72. The van der Waals surface area contributed by atoms with E-state index in [1.807, 2.05) is 20.8 Å². The number of rotatable bonds is 10. The van der Waals surface area contributed by atoms with Crippen LogP contribution in [0.25, 0.3) is 0 Å². The molecule has 0 aromatic rings. The fraction of sp³-hybridized carbons (Fsp3) is 0.848. The van der Waals surface area contributed by atoms with Crippen molar-refractivity contribution in [1.82, 2.24) is 20.9 Å². The second-order valence-electron chi connectivity index (χ2n) is 13.2. The van der Waals surface area contributed by atoms with Crippen molar-refractivity contribution in [3.05, 3.63) is 0 Å². The van der Waals surface area contributed by atoms with Crippen molar-refractivity contribution in [2.24, 2.45) is 17.6 Å². The Kier molecular flexibility index (Phi) is 15.2. The van der Waals surface area contributed by atoms with E-state index in [0.717, 1.165) is 64.2 Å². The van der Waals surface area contributed by atoms with Gasteiger partial charge in [0, 0.05) is 24.4 Å². The molecule has 5 N–H and O–H groups in total. The number of amides is 5. The molecule has 0 aromatic heterocycles. The number of carbonyl (C=O) groups is 5. The summed E-state index contributed by atoms with van der Waals surface area (Å²) in [5.41, 5.74) is 4.78. The minimum atomic E-state index is -2.94. The van der Waals surface area contributed by atoms with Gasteiger partial charge >= 0.3 is 6.03 Å². The molecule has 1 heterocycles. The van der Waals surface area contributed by atoms with Gasteiger partial charge in [-0.3, -0.25) is 19.2 Å². The number of Topliss-reactive ketones (excluding diaryl/α,β-unsaturated/α-hetero) is 1. The number of urea groups is 1. The van der Waals surface area contributed by atoms with Gasteiger partial charge in [-0.25, -0.2) is 13.6 Å². The fourth-order valence-electron chi connectivity index (χ4n) is 6.72. The van der Waals surface area contributed by atoms with E-state index >= 15 is 0 Å². The van der Waals surface area contributed by atoms with Gasteiger partial charge in [0.25, 0.3) is 11.8 Å². The molecular formula is C33H57F2N5O5. The number of nitrogens with two attached hydrogens (primary N) is 1. The molecule has 45 heavy (non-hydrogen) atoms. The second-order valence-corrected chi connectivity index (χ2v) is 13.2. The molecule has 0 spiro atoms. The van der Waals surface area contributed by atoms with E-state index < -0.39 is 66.4 Å². The molecule has 0 bridgehead atoms. The first kappa shape index (κ1) is 38.4. The Morgan fingerprint density at radius 3 is 1.98 bits per heavy atom. The molecular weight excluding hydrogens is 584 g/mol. The third kappa shape index (κ3) is 11.2. The van der Waals surface area contributed by atoms with Crippen molar-refractivity contribution in [2.75, 3.05) is 6.54 Å². The molecule has 4 aliphatic rings. The van der Waals surface area contributed by atoms with E-state index in [9.17, 15) is 32.8 Å². The van der Waals surface area contributed by atoms with Crippen LogP contribution in [0.4, 0.5) is 13.6 Å². The number of hydrogen-bond acceptors (Lipinski definition) is 5. The van der Waals surface area contributed by atoms with Crippen molar-refractivity contribution < 1.29 is 32.8 Å². The minimum Gasteiger partial charge on any atom is -0.363 e. The van der Waals surface area contributed by atoms with Gasteiger partial charge in [0.05, 0.1) is 6.04 Å². The van der Waals surface area contributed by atoms with Crippen LogP contribution >= 0.6 is 0 Å². The lowest BCUT2D eigenvalue weighted by Crippen LogP contribution is -2.60. The summed E-state index contributed by atoms with van der Waals surface area (Å²) in [4.78, 5) is 65.7. The average molecular weight is 642 g/mol. The molecule has 3 saturated carbocycles. The molecule has 3 aliphatic carbocycles. The van der Waals surface area contributed by atoms with Crippen LogP contribution in [0.1, 0.15) is 131 Å². The number of primary amides is 1. The van der Waals surface area contributed by atoms with Crippen molar-refractivity contribution >= 4 is 29.5 Å². The Hall–Kier alpha value is -2.79. The summed E-state index contributed by atoms with van der Waals surface area (Å²) in [6, 6.07) is -3.63. The number of likely N-dealkylation sites (tertiary alicyclic amines) is 1. The van der Waals surface area contributed by atoms with Gasteiger partial charge in [-0.05, 0) is 57.8 Å². The third-order valence-corrected chi connectivity index (χ3v) is 9.24. The summed E-state index contributed by atoms with van der Waals surface area (Å²) in [5, 5.41) is 8.46. The summed E-state index contributed by atoms with van der Waals surface area (Å²) >= 11 is 0. The van der Waals surface area contributed by atoms with Crippen LogP contribution in [-0.2, 0) is 19.2 Å². The van der Waals surface area contributed by atoms with Crippen molar-refractivity contribution in [3.63, 3.8) is 0 Å². The Morgan fingerprint density at radius 1 is 0.889 bits per heavy atom. The molecule has 4 atom stereocenters. The Bertz CT molecular complexity index is 1010. The number of hydrogen-bond donors (Lipinski definition) is 4. The second kappa shape index (κ2) is 17.8. The lowest BCUT2D eigenvalue weighted by atomic mass is 9.82. The van der Waals surface area contributed by atoms with E-state index in [1.165, 1.54) is 11.3 Å². The maximum atomic E-state index is 13.9. The number of nitrogens with one attached hydrogen (secondary N) is 3. The van der Waals surface area contributed by atoms with Gasteiger partial charge in [0.2, 0.25) is 17.6 Å². The van der Waals surface area contributed by atoms with Crippen LogP contribution in [0.15, 0.2) is 0 Å². The topological polar surface area (TPSA) is 151 Å². The van der Waals surface area contributed by atoms with Gasteiger partial charge in [0.1, 0.15) is 12.1 Å². The maximum Gasteiger partial charge on any atom is 0.315 e. The maximum absolute atomic E-state index is 13.9. The summed E-state index contributed by atoms with van der Waals surface area (Å²) in [5.74, 6) is -7.63. The zero-order valence-corrected chi connectivity index (χ0v) is 28.0. The first-order valence-electron chi connectivity index (χ1n) is 17.2. The van der Waals surface area contributed by atoms with Crippen LogP contribution in [0, 0.1) is 11.8 Å². The highest BCUT2D eigenvalue weighted by atomic mass is 19.3. The zero-order valence-electron chi connectivity index (χ0n) is 28.0. The number of ketones is 1. The lowest BCUT2D eigenvalue weighted by molar-refractivity contribution is -0.143. The standard InChI is InChI=1S/C28H43F2N5O5.C3H8.C2H6/c1-27(12-6-3-7-13-27)34-26(40)33-21(17-9-4-2-5-10-17)25(39)35-14-8-11-20(35)24(38)32-19(22(36)23(31)37)15-18-16-28(18,29)30;1-3-2;1-2/h17-21H,2-16H2,1H3,(H2,31,37)(H,32,38)(H2,33,34,40);3H2,1-2H3;1-2H3. The van der Waals surface area contributed by atoms with E-state index in [1.54, 1.807) is 0 Å². The largest absolute Gasteiger partial charge is 0.363 e. The van der Waals surface area contributed by atoms with E-state index in [2.05, 4.69) is 29.8 Å². The summed E-state index contributed by atoms with van der Waals surface area (Å²) in [7, 11) is 0. The number of nitrogens with zero attached hydrogens (tertiary/aromatic N) is 1. The Labute approximate surface area is 267 Å². The van der Waals surface area contributed by atoms with Crippen molar-refractivity contribution in [1.29, 1.82) is 0 Å². The van der Waals surface area contributed by atoms with Crippen molar-refractivity contribution in [2.45, 2.75) is 161 Å². The van der Waals surface area contributed by atoms with E-state index in [4.69, 9.17) is 5.73 Å². The van der Waals surface area contributed by atoms with Crippen LogP contribution < -0.4 is 21.7 Å². The highest BCUT2D eigenvalue weighted by Gasteiger charge is 2.58. The predicted octanol–water partition coefficient (Wildman–Crippen LogP) is 4.98.